The molecule has 0 amide bonds. The number of rotatable bonds is 8. The van der Waals surface area contributed by atoms with E-state index in [0.717, 1.165) is 13.5 Å². The molecular weight excluding hydrogens is 505 g/mol. The van der Waals surface area contributed by atoms with E-state index in [9.17, 15) is 0 Å². The molecule has 2 atom stereocenters. The minimum absolute atomic E-state index is 0.495. The van der Waals surface area contributed by atoms with Gasteiger partial charge in [-0.3, -0.25) is 0 Å². The standard InChI is InChI=1S/2C13H12P.2CH3.Pd/c2*14-13(11-7-3-1-4-8-11)12-9-5-2-6-10-12;;;/h2*1-10,13-14H;2*1H3;/q2*-1;;;+2. The van der Waals surface area contributed by atoms with E-state index in [1.807, 2.05) is 0 Å². The van der Waals surface area contributed by atoms with Gasteiger partial charge in [-0.1, -0.05) is 0 Å². The van der Waals surface area contributed by atoms with Crippen LogP contribution in [0.5, 0.6) is 0 Å². The average molecular weight is 535 g/mol. The van der Waals surface area contributed by atoms with Gasteiger partial charge in [-0.05, 0) is 0 Å². The zero-order valence-corrected chi connectivity index (χ0v) is 21.6. The Bertz CT molecular complexity index is 885. The molecule has 0 bridgehead atoms. The number of hydrogen-bond donors (Lipinski definition) is 0. The minimum atomic E-state index is -1.64. The summed E-state index contributed by atoms with van der Waals surface area (Å²) in [5, 5.41) is 5.22. The second-order valence-electron chi connectivity index (χ2n) is 7.72. The molecule has 162 valence electrons. The summed E-state index contributed by atoms with van der Waals surface area (Å²) in [6.45, 7) is 1.90. The molecule has 0 saturated carbocycles. The van der Waals surface area contributed by atoms with Gasteiger partial charge in [0.05, 0.1) is 0 Å². The molecule has 4 aromatic rings. The van der Waals surface area contributed by atoms with Crippen LogP contribution < -0.4 is 0 Å². The number of hydrogen-bond acceptors (Lipinski definition) is 0. The summed E-state index contributed by atoms with van der Waals surface area (Å²) in [7, 11) is 0. The monoisotopic (exact) mass is 534 g/mol. The second-order valence-corrected chi connectivity index (χ2v) is 28.2. The fourth-order valence-electron chi connectivity index (χ4n) is 3.66. The van der Waals surface area contributed by atoms with Gasteiger partial charge in [-0.15, -0.1) is 0 Å². The third-order valence-corrected chi connectivity index (χ3v) is 20.4. The van der Waals surface area contributed by atoms with Gasteiger partial charge in [0, 0.05) is 0 Å². The summed E-state index contributed by atoms with van der Waals surface area (Å²) in [4.78, 5) is 0. The van der Waals surface area contributed by atoms with E-state index in [2.05, 4.69) is 132 Å². The van der Waals surface area contributed by atoms with Gasteiger partial charge in [-0.25, -0.2) is 0 Å². The van der Waals surface area contributed by atoms with Crippen LogP contribution in [-0.4, -0.2) is 0 Å². The zero-order valence-electron chi connectivity index (χ0n) is 18.0. The Kier molecular flexibility index (Phi) is 7.88. The van der Waals surface area contributed by atoms with Gasteiger partial charge >= 0.3 is 194 Å². The Morgan fingerprint density at radius 3 is 0.871 bits per heavy atom. The third kappa shape index (κ3) is 6.22. The van der Waals surface area contributed by atoms with Crippen molar-refractivity contribution in [3.05, 3.63) is 144 Å². The maximum absolute atomic E-state index is 2.61. The van der Waals surface area contributed by atoms with Crippen molar-refractivity contribution in [3.63, 3.8) is 0 Å². The van der Waals surface area contributed by atoms with E-state index in [0.29, 0.717) is 11.3 Å². The van der Waals surface area contributed by atoms with Crippen LogP contribution >= 0.6 is 13.5 Å². The molecule has 0 aliphatic heterocycles. The molecule has 0 heterocycles. The van der Waals surface area contributed by atoms with Gasteiger partial charge in [0.15, 0.2) is 0 Å². The molecule has 4 rings (SSSR count). The molecule has 4 aromatic carbocycles. The Labute approximate surface area is 193 Å². The summed E-state index contributed by atoms with van der Waals surface area (Å²) >= 11 is -1.64. The Hall–Kier alpha value is -1.60. The van der Waals surface area contributed by atoms with Crippen molar-refractivity contribution in [2.75, 3.05) is 0 Å². The zero-order chi connectivity index (χ0) is 21.5. The molecule has 2 unspecified atom stereocenters. The van der Waals surface area contributed by atoms with Gasteiger partial charge < -0.3 is 0 Å². The van der Waals surface area contributed by atoms with Crippen LogP contribution in [0, 0.1) is 0 Å². The van der Waals surface area contributed by atoms with Crippen molar-refractivity contribution in [2.45, 2.75) is 22.1 Å². The topological polar surface area (TPSA) is 0 Å². The predicted octanol–water partition coefficient (Wildman–Crippen LogP) is 9.00. The first kappa shape index (κ1) is 22.6. The molecule has 0 aliphatic carbocycles. The van der Waals surface area contributed by atoms with E-state index in [4.69, 9.17) is 0 Å². The van der Waals surface area contributed by atoms with Gasteiger partial charge in [0.1, 0.15) is 0 Å². The summed E-state index contributed by atoms with van der Waals surface area (Å²) in [6, 6.07) is 44.5. The fourth-order valence-corrected chi connectivity index (χ4v) is 20.2. The summed E-state index contributed by atoms with van der Waals surface area (Å²) in [5.74, 6) is 0. The van der Waals surface area contributed by atoms with E-state index < -0.39 is 14.5 Å². The molecule has 3 heteroatoms. The van der Waals surface area contributed by atoms with Crippen molar-refractivity contribution < 1.29 is 14.5 Å². The maximum atomic E-state index is 2.61. The molecule has 0 nitrogen and oxygen atoms in total. The van der Waals surface area contributed by atoms with Crippen LogP contribution in [0.3, 0.4) is 0 Å². The van der Waals surface area contributed by atoms with E-state index in [1.165, 1.54) is 22.3 Å². The Morgan fingerprint density at radius 1 is 0.419 bits per heavy atom. The van der Waals surface area contributed by atoms with Gasteiger partial charge in [0.25, 0.3) is 0 Å². The molecule has 0 aromatic heterocycles. The van der Waals surface area contributed by atoms with Crippen molar-refractivity contribution in [2.24, 2.45) is 0 Å². The summed E-state index contributed by atoms with van der Waals surface area (Å²) < 4.78 is 0. The van der Waals surface area contributed by atoms with Crippen LogP contribution in [0.15, 0.2) is 121 Å². The number of benzene rings is 4. The Balaban J connectivity index is 1.65. The third-order valence-electron chi connectivity index (χ3n) is 5.17. The molecular formula is C28H30P2Pd. The average Bonchev–Trinajstić information content (AvgIpc) is 2.83. The van der Waals surface area contributed by atoms with Gasteiger partial charge in [-0.2, -0.15) is 0 Å². The summed E-state index contributed by atoms with van der Waals surface area (Å²) in [6.07, 6.45) is 0. The summed E-state index contributed by atoms with van der Waals surface area (Å²) in [5.41, 5.74) is 6.81. The van der Waals surface area contributed by atoms with Crippen LogP contribution in [0.25, 0.3) is 0 Å². The van der Waals surface area contributed by atoms with Crippen molar-refractivity contribution in [1.29, 1.82) is 0 Å². The first-order valence-electron chi connectivity index (χ1n) is 10.3. The molecule has 0 aliphatic rings. The Morgan fingerprint density at radius 2 is 0.645 bits per heavy atom. The normalized spacial score (nSPS) is 13.0. The van der Waals surface area contributed by atoms with Crippen LogP contribution in [0.1, 0.15) is 33.6 Å². The SMILES string of the molecule is [CH3][Pd]([CH3])([PH]C(c1ccccc1)c1ccccc1)[PH]C(c1ccccc1)c1ccccc1. The molecule has 0 radical (unpaired) electrons. The van der Waals surface area contributed by atoms with E-state index >= 15 is 0 Å². The van der Waals surface area contributed by atoms with Crippen LogP contribution in [0.4, 0.5) is 0 Å². The predicted molar refractivity (Wildman–Crippen MR) is 138 cm³/mol. The molecule has 0 spiro atoms. The first-order valence-corrected chi connectivity index (χ1v) is 19.9. The van der Waals surface area contributed by atoms with E-state index in [1.54, 1.807) is 0 Å². The van der Waals surface area contributed by atoms with Crippen molar-refractivity contribution in [1.82, 2.24) is 0 Å². The van der Waals surface area contributed by atoms with Gasteiger partial charge in [0.2, 0.25) is 0 Å². The fraction of sp³-hybridized carbons (Fsp3) is 0.143. The van der Waals surface area contributed by atoms with Crippen LogP contribution in [0.2, 0.25) is 10.8 Å². The van der Waals surface area contributed by atoms with E-state index in [-0.39, 0.29) is 0 Å². The first-order chi connectivity index (χ1) is 15.1. The quantitative estimate of drug-likeness (QED) is 0.156. The molecule has 0 fully saturated rings. The van der Waals surface area contributed by atoms with Crippen molar-refractivity contribution >= 4 is 13.5 Å². The molecule has 0 saturated heterocycles. The molecule has 0 N–H and O–H groups in total. The molecule has 31 heavy (non-hydrogen) atoms. The second kappa shape index (κ2) is 10.8. The van der Waals surface area contributed by atoms with Crippen LogP contribution in [-0.2, 0) is 14.5 Å². The van der Waals surface area contributed by atoms with Crippen molar-refractivity contribution in [3.8, 4) is 0 Å².